The summed E-state index contributed by atoms with van der Waals surface area (Å²) in [5.74, 6) is 0.492. The van der Waals surface area contributed by atoms with Gasteiger partial charge in [0.05, 0.1) is 0 Å². The fraction of sp³-hybridized carbons (Fsp3) is 0.500. The highest BCUT2D eigenvalue weighted by Gasteiger charge is 2.14. The summed E-state index contributed by atoms with van der Waals surface area (Å²) in [4.78, 5) is 12.3. The monoisotopic (exact) mass is 347 g/mol. The lowest BCUT2D eigenvalue weighted by Crippen LogP contribution is -2.36. The predicted octanol–water partition coefficient (Wildman–Crippen LogP) is 3.79. The average molecular weight is 349 g/mol. The quantitative estimate of drug-likeness (QED) is 0.601. The molecular formula is C14H19BrClNO2. The van der Waals surface area contributed by atoms with Crippen LogP contribution in [0, 0.1) is 0 Å². The predicted molar refractivity (Wildman–Crippen MR) is 82.2 cm³/mol. The van der Waals surface area contributed by atoms with Crippen LogP contribution in [0.2, 0.25) is 5.02 Å². The fourth-order valence-corrected chi connectivity index (χ4v) is 2.04. The molecule has 1 rings (SSSR count). The van der Waals surface area contributed by atoms with Crippen molar-refractivity contribution in [2.24, 2.45) is 0 Å². The molecule has 1 N–H and O–H groups in total. The van der Waals surface area contributed by atoms with Gasteiger partial charge in [-0.25, -0.2) is 0 Å². The Labute approximate surface area is 127 Å². The third kappa shape index (κ3) is 6.83. The van der Waals surface area contributed by atoms with Crippen molar-refractivity contribution < 1.29 is 9.53 Å². The second-order valence-electron chi connectivity index (χ2n) is 4.43. The van der Waals surface area contributed by atoms with E-state index in [4.69, 9.17) is 16.3 Å². The molecule has 2 unspecified atom stereocenters. The molecule has 0 radical (unpaired) electrons. The standard InChI is InChI=1S/C14H19BrClNO2/c1-10(15)5-4-8-17-14(18)11(2)19-13-7-3-6-12(16)9-13/h3,6-7,9-11H,4-5,8H2,1-2H3,(H,17,18). The summed E-state index contributed by atoms with van der Waals surface area (Å²) < 4.78 is 5.53. The number of carbonyl (C=O) groups is 1. The van der Waals surface area contributed by atoms with E-state index in [9.17, 15) is 4.79 Å². The zero-order valence-electron chi connectivity index (χ0n) is 11.2. The normalized spacial score (nSPS) is 13.7. The lowest BCUT2D eigenvalue weighted by Gasteiger charge is -2.15. The molecule has 3 nitrogen and oxygen atoms in total. The van der Waals surface area contributed by atoms with Gasteiger partial charge in [-0.2, -0.15) is 0 Å². The highest BCUT2D eigenvalue weighted by Crippen LogP contribution is 2.18. The molecule has 0 heterocycles. The Morgan fingerprint density at radius 2 is 2.21 bits per heavy atom. The van der Waals surface area contributed by atoms with Crippen LogP contribution in [0.25, 0.3) is 0 Å². The number of ether oxygens (including phenoxy) is 1. The molecule has 1 aromatic carbocycles. The molecular weight excluding hydrogens is 330 g/mol. The van der Waals surface area contributed by atoms with Crippen molar-refractivity contribution in [3.63, 3.8) is 0 Å². The van der Waals surface area contributed by atoms with Crippen LogP contribution >= 0.6 is 27.5 Å². The van der Waals surface area contributed by atoms with Crippen LogP contribution < -0.4 is 10.1 Å². The number of alkyl halides is 1. The van der Waals surface area contributed by atoms with Crippen LogP contribution in [0.1, 0.15) is 26.7 Å². The summed E-state index contributed by atoms with van der Waals surface area (Å²) >= 11 is 9.33. The third-order valence-electron chi connectivity index (χ3n) is 2.56. The maximum atomic E-state index is 11.8. The first-order chi connectivity index (χ1) is 8.99. The van der Waals surface area contributed by atoms with Crippen LogP contribution in [0.15, 0.2) is 24.3 Å². The minimum absolute atomic E-state index is 0.109. The topological polar surface area (TPSA) is 38.3 Å². The van der Waals surface area contributed by atoms with Gasteiger partial charge in [0, 0.05) is 16.4 Å². The van der Waals surface area contributed by atoms with Gasteiger partial charge < -0.3 is 10.1 Å². The Morgan fingerprint density at radius 3 is 2.84 bits per heavy atom. The summed E-state index contributed by atoms with van der Waals surface area (Å²) in [5, 5.41) is 3.45. The van der Waals surface area contributed by atoms with Gasteiger partial charge >= 0.3 is 0 Å². The van der Waals surface area contributed by atoms with Crippen LogP contribution in [-0.4, -0.2) is 23.4 Å². The Balaban J connectivity index is 2.32. The maximum absolute atomic E-state index is 11.8. The van der Waals surface area contributed by atoms with Crippen molar-refractivity contribution >= 4 is 33.4 Å². The summed E-state index contributed by atoms with van der Waals surface area (Å²) in [6.45, 7) is 4.48. The number of nitrogens with one attached hydrogen (secondary N) is 1. The molecule has 19 heavy (non-hydrogen) atoms. The highest BCUT2D eigenvalue weighted by molar-refractivity contribution is 9.09. The van der Waals surface area contributed by atoms with Crippen LogP contribution in [0.4, 0.5) is 0 Å². The Bertz CT molecular complexity index is 412. The van der Waals surface area contributed by atoms with Crippen LogP contribution in [0.3, 0.4) is 0 Å². The molecule has 0 bridgehead atoms. The first-order valence-corrected chi connectivity index (χ1v) is 7.62. The van der Waals surface area contributed by atoms with Crippen molar-refractivity contribution in [2.45, 2.75) is 37.6 Å². The third-order valence-corrected chi connectivity index (χ3v) is 3.25. The van der Waals surface area contributed by atoms with Gasteiger partial charge in [-0.15, -0.1) is 0 Å². The molecule has 106 valence electrons. The Hall–Kier alpha value is -0.740. The number of hydrogen-bond acceptors (Lipinski definition) is 2. The van der Waals surface area contributed by atoms with Crippen molar-refractivity contribution in [3.05, 3.63) is 29.3 Å². The van der Waals surface area contributed by atoms with Gasteiger partial charge in [0.15, 0.2) is 6.10 Å². The van der Waals surface area contributed by atoms with Crippen molar-refractivity contribution in [3.8, 4) is 5.75 Å². The fourth-order valence-electron chi connectivity index (χ4n) is 1.54. The molecule has 0 aliphatic carbocycles. The first kappa shape index (κ1) is 16.3. The molecule has 2 atom stereocenters. The minimum atomic E-state index is -0.528. The molecule has 0 fully saturated rings. The molecule has 0 aromatic heterocycles. The summed E-state index contributed by atoms with van der Waals surface area (Å²) in [5.41, 5.74) is 0. The minimum Gasteiger partial charge on any atom is -0.481 e. The number of benzene rings is 1. The van der Waals surface area contributed by atoms with Gasteiger partial charge in [-0.05, 0) is 38.0 Å². The van der Waals surface area contributed by atoms with E-state index in [0.29, 0.717) is 22.1 Å². The molecule has 1 amide bonds. The number of hydrogen-bond donors (Lipinski definition) is 1. The lowest BCUT2D eigenvalue weighted by atomic mass is 10.2. The van der Waals surface area contributed by atoms with Crippen molar-refractivity contribution in [2.75, 3.05) is 6.54 Å². The maximum Gasteiger partial charge on any atom is 0.260 e. The van der Waals surface area contributed by atoms with Gasteiger partial charge in [-0.1, -0.05) is 40.5 Å². The van der Waals surface area contributed by atoms with E-state index in [1.54, 1.807) is 31.2 Å². The summed E-state index contributed by atoms with van der Waals surface area (Å²) in [6.07, 6.45) is 1.45. The smallest absolute Gasteiger partial charge is 0.260 e. The summed E-state index contributed by atoms with van der Waals surface area (Å²) in [7, 11) is 0. The number of amides is 1. The largest absolute Gasteiger partial charge is 0.481 e. The molecule has 0 aliphatic heterocycles. The molecule has 1 aromatic rings. The Morgan fingerprint density at radius 1 is 1.47 bits per heavy atom. The van der Waals surface area contributed by atoms with Crippen LogP contribution in [0.5, 0.6) is 5.75 Å². The number of carbonyl (C=O) groups excluding carboxylic acids is 1. The molecule has 0 aliphatic rings. The second-order valence-corrected chi connectivity index (χ2v) is 6.43. The van der Waals surface area contributed by atoms with E-state index in [-0.39, 0.29) is 5.91 Å². The van der Waals surface area contributed by atoms with E-state index >= 15 is 0 Å². The lowest BCUT2D eigenvalue weighted by molar-refractivity contribution is -0.127. The average Bonchev–Trinajstić information content (AvgIpc) is 2.34. The highest BCUT2D eigenvalue weighted by atomic mass is 79.9. The Kier molecular flexibility index (Phi) is 7.24. The SMILES string of the molecule is CC(Br)CCCNC(=O)C(C)Oc1cccc(Cl)c1. The van der Waals surface area contributed by atoms with E-state index < -0.39 is 6.10 Å². The molecule has 0 saturated heterocycles. The summed E-state index contributed by atoms with van der Waals surface area (Å²) in [6, 6.07) is 7.03. The van der Waals surface area contributed by atoms with E-state index in [1.807, 2.05) is 0 Å². The van der Waals surface area contributed by atoms with Gasteiger partial charge in [-0.3, -0.25) is 4.79 Å². The van der Waals surface area contributed by atoms with Gasteiger partial charge in [0.2, 0.25) is 0 Å². The van der Waals surface area contributed by atoms with Crippen molar-refractivity contribution in [1.29, 1.82) is 0 Å². The van der Waals surface area contributed by atoms with E-state index in [0.717, 1.165) is 12.8 Å². The van der Waals surface area contributed by atoms with Gasteiger partial charge in [0.1, 0.15) is 5.75 Å². The first-order valence-electron chi connectivity index (χ1n) is 6.33. The number of rotatable bonds is 7. The van der Waals surface area contributed by atoms with E-state index in [2.05, 4.69) is 28.2 Å². The molecule has 0 spiro atoms. The van der Waals surface area contributed by atoms with Gasteiger partial charge in [0.25, 0.3) is 5.91 Å². The second kappa shape index (κ2) is 8.43. The van der Waals surface area contributed by atoms with E-state index in [1.165, 1.54) is 0 Å². The van der Waals surface area contributed by atoms with Crippen LogP contribution in [-0.2, 0) is 4.79 Å². The van der Waals surface area contributed by atoms with Crippen molar-refractivity contribution in [1.82, 2.24) is 5.32 Å². The molecule has 0 saturated carbocycles. The zero-order valence-corrected chi connectivity index (χ0v) is 13.5. The molecule has 5 heteroatoms. The number of halogens is 2. The zero-order chi connectivity index (χ0) is 14.3.